The number of aliphatic hydroxyl groups excluding tert-OH is 1. The number of piperazine rings is 1. The van der Waals surface area contributed by atoms with Gasteiger partial charge in [0.2, 0.25) is 5.91 Å². The largest absolute Gasteiger partial charge is 0.395 e. The highest BCUT2D eigenvalue weighted by Gasteiger charge is 2.32. The fraction of sp³-hybridized carbons (Fsp3) is 0.727. The average molecular weight is 270 g/mol. The van der Waals surface area contributed by atoms with Crippen LogP contribution in [-0.4, -0.2) is 90.1 Å². The van der Waals surface area contributed by atoms with Crippen LogP contribution in [0.2, 0.25) is 0 Å². The van der Waals surface area contributed by atoms with Crippen molar-refractivity contribution in [2.24, 2.45) is 0 Å². The van der Waals surface area contributed by atoms with Crippen molar-refractivity contribution in [2.45, 2.75) is 0 Å². The van der Waals surface area contributed by atoms with Gasteiger partial charge in [-0.1, -0.05) is 0 Å². The summed E-state index contributed by atoms with van der Waals surface area (Å²) >= 11 is 0. The van der Waals surface area contributed by atoms with Gasteiger partial charge < -0.3 is 15.3 Å². The zero-order chi connectivity index (χ0) is 13.8. The average Bonchev–Trinajstić information content (AvgIpc) is 2.72. The Hall–Kier alpha value is -1.67. The van der Waals surface area contributed by atoms with Crippen molar-refractivity contribution in [3.05, 3.63) is 0 Å². The van der Waals surface area contributed by atoms with Crippen LogP contribution in [0.4, 0.5) is 4.79 Å². The molecular weight excluding hydrogens is 252 g/mol. The van der Waals surface area contributed by atoms with Crippen LogP contribution in [0.3, 0.4) is 0 Å². The monoisotopic (exact) mass is 270 g/mol. The summed E-state index contributed by atoms with van der Waals surface area (Å²) in [6.07, 6.45) is 0. The lowest BCUT2D eigenvalue weighted by Crippen LogP contribution is -2.52. The zero-order valence-corrected chi connectivity index (χ0v) is 10.7. The van der Waals surface area contributed by atoms with E-state index in [0.717, 1.165) is 4.90 Å². The summed E-state index contributed by atoms with van der Waals surface area (Å²) in [5.74, 6) is -0.577. The second kappa shape index (κ2) is 5.98. The molecule has 2 rings (SSSR count). The predicted molar refractivity (Wildman–Crippen MR) is 65.2 cm³/mol. The topological polar surface area (TPSA) is 93.2 Å². The highest BCUT2D eigenvalue weighted by molar-refractivity contribution is 6.04. The van der Waals surface area contributed by atoms with E-state index in [1.165, 1.54) is 0 Å². The van der Waals surface area contributed by atoms with E-state index in [0.29, 0.717) is 32.7 Å². The molecule has 0 aromatic rings. The summed E-state index contributed by atoms with van der Waals surface area (Å²) in [6.45, 7) is 3.01. The van der Waals surface area contributed by atoms with Crippen LogP contribution < -0.4 is 5.32 Å². The maximum Gasteiger partial charge on any atom is 0.325 e. The molecule has 0 radical (unpaired) electrons. The quantitative estimate of drug-likeness (QED) is 0.559. The first kappa shape index (κ1) is 13.8. The molecule has 2 saturated heterocycles. The van der Waals surface area contributed by atoms with Crippen molar-refractivity contribution in [3.8, 4) is 0 Å². The summed E-state index contributed by atoms with van der Waals surface area (Å²) in [6, 6.07) is -0.503. The molecule has 0 saturated carbocycles. The first-order valence-electron chi connectivity index (χ1n) is 6.31. The van der Waals surface area contributed by atoms with Gasteiger partial charge in [0.05, 0.1) is 13.2 Å². The summed E-state index contributed by atoms with van der Waals surface area (Å²) in [7, 11) is 0. The third kappa shape index (κ3) is 3.21. The number of hydrogen-bond donors (Lipinski definition) is 2. The van der Waals surface area contributed by atoms with Gasteiger partial charge in [-0.25, -0.2) is 4.79 Å². The third-order valence-electron chi connectivity index (χ3n) is 3.37. The smallest absolute Gasteiger partial charge is 0.325 e. The maximum atomic E-state index is 12.0. The van der Waals surface area contributed by atoms with Gasteiger partial charge >= 0.3 is 6.03 Å². The summed E-state index contributed by atoms with van der Waals surface area (Å²) < 4.78 is 0. The van der Waals surface area contributed by atoms with Crippen LogP contribution in [0.1, 0.15) is 0 Å². The summed E-state index contributed by atoms with van der Waals surface area (Å²) in [5.41, 5.74) is 0. The predicted octanol–water partition coefficient (Wildman–Crippen LogP) is -2.33. The van der Waals surface area contributed by atoms with E-state index in [2.05, 4.69) is 10.2 Å². The van der Waals surface area contributed by atoms with Crippen molar-refractivity contribution >= 4 is 17.8 Å². The summed E-state index contributed by atoms with van der Waals surface area (Å²) in [5, 5.41) is 11.2. The fourth-order valence-corrected chi connectivity index (χ4v) is 2.21. The van der Waals surface area contributed by atoms with E-state index >= 15 is 0 Å². The Bertz CT molecular complexity index is 363. The number of nitrogens with one attached hydrogen (secondary N) is 1. The summed E-state index contributed by atoms with van der Waals surface area (Å²) in [4.78, 5) is 39.4. The standard InChI is InChI=1S/C11H18N4O4/c16-6-5-13-1-3-14(4-2-13)10(18)8-15-9(17)7-12-11(15)19/h16H,1-8H2,(H,12,19). The molecule has 2 aliphatic heterocycles. The molecule has 0 unspecified atom stereocenters. The number of hydrogen-bond acceptors (Lipinski definition) is 5. The molecule has 0 atom stereocenters. The van der Waals surface area contributed by atoms with Gasteiger partial charge in [0.15, 0.2) is 0 Å². The molecule has 8 nitrogen and oxygen atoms in total. The number of rotatable bonds is 4. The van der Waals surface area contributed by atoms with Gasteiger partial charge in [-0.05, 0) is 0 Å². The molecule has 2 fully saturated rings. The van der Waals surface area contributed by atoms with Gasteiger partial charge in [0.25, 0.3) is 5.91 Å². The van der Waals surface area contributed by atoms with Crippen molar-refractivity contribution in [3.63, 3.8) is 0 Å². The Morgan fingerprint density at radius 2 is 1.89 bits per heavy atom. The number of imide groups is 1. The normalized spacial score (nSPS) is 20.9. The lowest BCUT2D eigenvalue weighted by atomic mass is 10.3. The molecule has 0 spiro atoms. The van der Waals surface area contributed by atoms with Crippen LogP contribution in [0, 0.1) is 0 Å². The number of β-amino-alcohol motifs (C(OH)–C–C–N with tert-alkyl or cyclic N) is 1. The first-order valence-corrected chi connectivity index (χ1v) is 6.31. The minimum Gasteiger partial charge on any atom is -0.395 e. The number of nitrogens with zero attached hydrogens (tertiary/aromatic N) is 3. The molecule has 0 aromatic carbocycles. The number of aliphatic hydroxyl groups is 1. The molecule has 19 heavy (non-hydrogen) atoms. The van der Waals surface area contributed by atoms with Crippen molar-refractivity contribution < 1.29 is 19.5 Å². The number of amides is 4. The SMILES string of the molecule is O=C(CN1C(=O)CNC1=O)N1CCN(CCO)CC1. The van der Waals surface area contributed by atoms with Crippen LogP contribution >= 0.6 is 0 Å². The van der Waals surface area contributed by atoms with Gasteiger partial charge in [0.1, 0.15) is 6.54 Å². The van der Waals surface area contributed by atoms with E-state index < -0.39 is 6.03 Å². The molecule has 2 heterocycles. The Labute approximate surface area is 110 Å². The molecule has 0 aromatic heterocycles. The molecule has 2 aliphatic rings. The fourth-order valence-electron chi connectivity index (χ4n) is 2.21. The second-order valence-electron chi connectivity index (χ2n) is 4.58. The lowest BCUT2D eigenvalue weighted by molar-refractivity contribution is -0.137. The van der Waals surface area contributed by atoms with Gasteiger partial charge in [-0.2, -0.15) is 0 Å². The molecule has 0 bridgehead atoms. The van der Waals surface area contributed by atoms with Crippen molar-refractivity contribution in [1.82, 2.24) is 20.0 Å². The van der Waals surface area contributed by atoms with E-state index in [1.807, 2.05) is 0 Å². The molecule has 2 N–H and O–H groups in total. The van der Waals surface area contributed by atoms with Crippen LogP contribution in [0.15, 0.2) is 0 Å². The number of urea groups is 1. The Morgan fingerprint density at radius 1 is 1.21 bits per heavy atom. The zero-order valence-electron chi connectivity index (χ0n) is 10.7. The van der Waals surface area contributed by atoms with Crippen molar-refractivity contribution in [2.75, 3.05) is 52.4 Å². The van der Waals surface area contributed by atoms with Gasteiger partial charge in [-0.3, -0.25) is 19.4 Å². The van der Waals surface area contributed by atoms with E-state index in [4.69, 9.17) is 5.11 Å². The number of carbonyl (C=O) groups excluding carboxylic acids is 3. The van der Waals surface area contributed by atoms with E-state index in [9.17, 15) is 14.4 Å². The molecule has 106 valence electrons. The highest BCUT2D eigenvalue weighted by atomic mass is 16.3. The first-order chi connectivity index (χ1) is 9.11. The van der Waals surface area contributed by atoms with Gasteiger partial charge in [0, 0.05) is 32.7 Å². The lowest BCUT2D eigenvalue weighted by Gasteiger charge is -2.34. The van der Waals surface area contributed by atoms with Gasteiger partial charge in [-0.15, -0.1) is 0 Å². The minimum atomic E-state index is -0.503. The van der Waals surface area contributed by atoms with Crippen LogP contribution in [0.5, 0.6) is 0 Å². The molecular formula is C11H18N4O4. The molecule has 4 amide bonds. The maximum absolute atomic E-state index is 12.0. The van der Waals surface area contributed by atoms with E-state index in [1.54, 1.807) is 4.90 Å². The Kier molecular flexibility index (Phi) is 4.33. The number of carbonyl (C=O) groups is 3. The Balaban J connectivity index is 1.81. The highest BCUT2D eigenvalue weighted by Crippen LogP contribution is 2.05. The molecule has 8 heteroatoms. The second-order valence-corrected chi connectivity index (χ2v) is 4.58. The minimum absolute atomic E-state index is 0.0314. The van der Waals surface area contributed by atoms with E-state index in [-0.39, 0.29) is 31.5 Å². The van der Waals surface area contributed by atoms with Crippen molar-refractivity contribution in [1.29, 1.82) is 0 Å². The van der Waals surface area contributed by atoms with Crippen LogP contribution in [0.25, 0.3) is 0 Å². The van der Waals surface area contributed by atoms with Crippen LogP contribution in [-0.2, 0) is 9.59 Å². The molecule has 0 aliphatic carbocycles. The third-order valence-corrected chi connectivity index (χ3v) is 3.37. The Morgan fingerprint density at radius 3 is 2.42 bits per heavy atom.